The summed E-state index contributed by atoms with van der Waals surface area (Å²) in [4.78, 5) is 12.1. The van der Waals surface area contributed by atoms with Crippen molar-refractivity contribution in [1.29, 1.82) is 0 Å². The molecule has 0 amide bonds. The Kier molecular flexibility index (Phi) is 6.05. The van der Waals surface area contributed by atoms with Crippen molar-refractivity contribution in [2.75, 3.05) is 7.11 Å². The van der Waals surface area contributed by atoms with E-state index in [2.05, 4.69) is 21.2 Å². The smallest absolute Gasteiger partial charge is 0.327 e. The predicted octanol–water partition coefficient (Wildman–Crippen LogP) is 3.98. The van der Waals surface area contributed by atoms with Gasteiger partial charge >= 0.3 is 5.97 Å². The fourth-order valence-electron chi connectivity index (χ4n) is 2.76. The van der Waals surface area contributed by atoms with Crippen LogP contribution >= 0.6 is 15.9 Å². The van der Waals surface area contributed by atoms with Gasteiger partial charge in [-0.25, -0.2) is 4.79 Å². The zero-order chi connectivity index (χ0) is 14.4. The van der Waals surface area contributed by atoms with E-state index in [9.17, 15) is 4.79 Å². The molecule has 1 fully saturated rings. The molecule has 20 heavy (non-hydrogen) atoms. The molecule has 0 spiro atoms. The molecule has 2 rings (SSSR count). The second-order valence-corrected chi connectivity index (χ2v) is 6.28. The largest absolute Gasteiger partial charge is 0.468 e. The maximum absolute atomic E-state index is 12.1. The minimum absolute atomic E-state index is 0.212. The van der Waals surface area contributed by atoms with E-state index in [1.807, 2.05) is 24.3 Å². The van der Waals surface area contributed by atoms with Gasteiger partial charge in [-0.15, -0.1) is 0 Å². The number of carbonyl (C=O) groups excluding carboxylic acids is 1. The molecule has 1 aliphatic rings. The molecule has 4 heteroatoms. The van der Waals surface area contributed by atoms with Gasteiger partial charge in [0.2, 0.25) is 0 Å². The standard InChI is InChI=1S/C16H22BrNO2/c1-20-16(19)15(12-8-10-13(17)11-9-12)18-14-6-4-2-3-5-7-14/h8-11,14-15,18H,2-7H2,1H3. The van der Waals surface area contributed by atoms with Crippen molar-refractivity contribution in [2.45, 2.75) is 50.6 Å². The molecular weight excluding hydrogens is 318 g/mol. The summed E-state index contributed by atoms with van der Waals surface area (Å²) in [7, 11) is 1.45. The van der Waals surface area contributed by atoms with Gasteiger partial charge in [-0.2, -0.15) is 0 Å². The fraction of sp³-hybridized carbons (Fsp3) is 0.562. The maximum atomic E-state index is 12.1. The highest BCUT2D eigenvalue weighted by Gasteiger charge is 2.25. The lowest BCUT2D eigenvalue weighted by molar-refractivity contribution is -0.143. The normalized spacial score (nSPS) is 18.3. The highest BCUT2D eigenvalue weighted by atomic mass is 79.9. The summed E-state index contributed by atoms with van der Waals surface area (Å²) in [6.07, 6.45) is 7.38. The van der Waals surface area contributed by atoms with Crippen molar-refractivity contribution < 1.29 is 9.53 Å². The molecule has 1 aliphatic carbocycles. The van der Waals surface area contributed by atoms with Gasteiger partial charge in [0.05, 0.1) is 7.11 Å². The number of esters is 1. The Bertz CT molecular complexity index is 425. The van der Waals surface area contributed by atoms with E-state index in [4.69, 9.17) is 4.74 Å². The molecule has 0 aliphatic heterocycles. The van der Waals surface area contributed by atoms with Crippen LogP contribution < -0.4 is 5.32 Å². The Morgan fingerprint density at radius 1 is 1.20 bits per heavy atom. The molecule has 3 nitrogen and oxygen atoms in total. The highest BCUT2D eigenvalue weighted by molar-refractivity contribution is 9.10. The highest BCUT2D eigenvalue weighted by Crippen LogP contribution is 2.23. The van der Waals surface area contributed by atoms with Crippen molar-refractivity contribution in [2.24, 2.45) is 0 Å². The van der Waals surface area contributed by atoms with Crippen LogP contribution in [0.1, 0.15) is 50.1 Å². The van der Waals surface area contributed by atoms with Crippen molar-refractivity contribution in [3.63, 3.8) is 0 Å². The first-order chi connectivity index (χ1) is 9.70. The summed E-state index contributed by atoms with van der Waals surface area (Å²) in [6.45, 7) is 0. The first-order valence-electron chi connectivity index (χ1n) is 7.30. The van der Waals surface area contributed by atoms with E-state index in [1.165, 1.54) is 32.8 Å². The summed E-state index contributed by atoms with van der Waals surface area (Å²) >= 11 is 3.42. The third-order valence-electron chi connectivity index (χ3n) is 3.90. The van der Waals surface area contributed by atoms with E-state index in [1.54, 1.807) is 0 Å². The summed E-state index contributed by atoms with van der Waals surface area (Å²) in [5.74, 6) is -0.212. The average Bonchev–Trinajstić information content (AvgIpc) is 2.74. The number of carbonyl (C=O) groups is 1. The third kappa shape index (κ3) is 4.32. The molecule has 1 aromatic carbocycles. The zero-order valence-electron chi connectivity index (χ0n) is 11.9. The Morgan fingerprint density at radius 2 is 1.80 bits per heavy atom. The summed E-state index contributed by atoms with van der Waals surface area (Å²) in [5.41, 5.74) is 0.962. The minimum Gasteiger partial charge on any atom is -0.468 e. The number of nitrogens with one attached hydrogen (secondary N) is 1. The number of hydrogen-bond acceptors (Lipinski definition) is 3. The molecule has 0 radical (unpaired) electrons. The van der Waals surface area contributed by atoms with E-state index in [0.717, 1.165) is 22.9 Å². The average molecular weight is 340 g/mol. The first kappa shape index (κ1) is 15.5. The van der Waals surface area contributed by atoms with Gasteiger partial charge in [-0.05, 0) is 30.5 Å². The SMILES string of the molecule is COC(=O)C(NC1CCCCCC1)c1ccc(Br)cc1. The van der Waals surface area contributed by atoms with Crippen LogP contribution in [0.4, 0.5) is 0 Å². The number of hydrogen-bond donors (Lipinski definition) is 1. The fourth-order valence-corrected chi connectivity index (χ4v) is 3.02. The van der Waals surface area contributed by atoms with Crippen LogP contribution in [0.3, 0.4) is 0 Å². The molecular formula is C16H22BrNO2. The molecule has 0 bridgehead atoms. The Morgan fingerprint density at radius 3 is 2.35 bits per heavy atom. The third-order valence-corrected chi connectivity index (χ3v) is 4.43. The molecule has 1 saturated carbocycles. The lowest BCUT2D eigenvalue weighted by atomic mass is 10.0. The molecule has 1 atom stereocenters. The number of halogens is 1. The second kappa shape index (κ2) is 7.79. The molecule has 1 aromatic rings. The molecule has 110 valence electrons. The van der Waals surface area contributed by atoms with Crippen LogP contribution in [0.15, 0.2) is 28.7 Å². The number of methoxy groups -OCH3 is 1. The van der Waals surface area contributed by atoms with E-state index in [0.29, 0.717) is 6.04 Å². The van der Waals surface area contributed by atoms with Gasteiger partial charge in [0.1, 0.15) is 6.04 Å². The van der Waals surface area contributed by atoms with Crippen LogP contribution in [0.2, 0.25) is 0 Å². The molecule has 1 N–H and O–H groups in total. The van der Waals surface area contributed by atoms with Crippen molar-refractivity contribution >= 4 is 21.9 Å². The summed E-state index contributed by atoms with van der Waals surface area (Å²) in [5, 5.41) is 3.49. The number of benzene rings is 1. The summed E-state index contributed by atoms with van der Waals surface area (Å²) in [6, 6.07) is 7.90. The van der Waals surface area contributed by atoms with Crippen LogP contribution in [-0.4, -0.2) is 19.1 Å². The van der Waals surface area contributed by atoms with Gasteiger partial charge in [0.25, 0.3) is 0 Å². The topological polar surface area (TPSA) is 38.3 Å². The van der Waals surface area contributed by atoms with E-state index in [-0.39, 0.29) is 12.0 Å². The van der Waals surface area contributed by atoms with Gasteiger partial charge in [-0.3, -0.25) is 5.32 Å². The van der Waals surface area contributed by atoms with Gasteiger partial charge < -0.3 is 4.74 Å². The minimum atomic E-state index is -0.365. The quantitative estimate of drug-likeness (QED) is 0.666. The lowest BCUT2D eigenvalue weighted by Crippen LogP contribution is -2.37. The lowest BCUT2D eigenvalue weighted by Gasteiger charge is -2.23. The Balaban J connectivity index is 2.10. The molecule has 0 heterocycles. The first-order valence-corrected chi connectivity index (χ1v) is 8.09. The van der Waals surface area contributed by atoms with Crippen molar-refractivity contribution in [3.05, 3.63) is 34.3 Å². The van der Waals surface area contributed by atoms with Gasteiger partial charge in [0, 0.05) is 10.5 Å². The van der Waals surface area contributed by atoms with Gasteiger partial charge in [-0.1, -0.05) is 53.7 Å². The maximum Gasteiger partial charge on any atom is 0.327 e. The van der Waals surface area contributed by atoms with E-state index >= 15 is 0 Å². The number of ether oxygens (including phenoxy) is 1. The zero-order valence-corrected chi connectivity index (χ0v) is 13.5. The summed E-state index contributed by atoms with van der Waals surface area (Å²) < 4.78 is 5.97. The second-order valence-electron chi connectivity index (χ2n) is 5.36. The molecule has 1 unspecified atom stereocenters. The van der Waals surface area contributed by atoms with Crippen LogP contribution in [0, 0.1) is 0 Å². The monoisotopic (exact) mass is 339 g/mol. The number of rotatable bonds is 4. The van der Waals surface area contributed by atoms with Crippen molar-refractivity contribution in [3.8, 4) is 0 Å². The Hall–Kier alpha value is -0.870. The van der Waals surface area contributed by atoms with Crippen LogP contribution in [0.5, 0.6) is 0 Å². The van der Waals surface area contributed by atoms with Crippen LogP contribution in [0.25, 0.3) is 0 Å². The predicted molar refractivity (Wildman–Crippen MR) is 83.5 cm³/mol. The van der Waals surface area contributed by atoms with Gasteiger partial charge in [0.15, 0.2) is 0 Å². The van der Waals surface area contributed by atoms with Crippen molar-refractivity contribution in [1.82, 2.24) is 5.32 Å². The Labute approximate surface area is 129 Å². The molecule has 0 aromatic heterocycles. The van der Waals surface area contributed by atoms with Crippen LogP contribution in [-0.2, 0) is 9.53 Å². The molecule has 0 saturated heterocycles. The van der Waals surface area contributed by atoms with E-state index < -0.39 is 0 Å².